The lowest BCUT2D eigenvalue weighted by molar-refractivity contribution is 0.272. The second-order valence-electron chi connectivity index (χ2n) is 4.17. The fourth-order valence-corrected chi connectivity index (χ4v) is 1.74. The average Bonchev–Trinajstić information content (AvgIpc) is 2.48. The van der Waals surface area contributed by atoms with Crippen LogP contribution in [0.1, 0.15) is 11.1 Å². The molecule has 0 fully saturated rings. The molecule has 0 unspecified atom stereocenters. The SMILES string of the molecule is COc1cc(CO)ccc1OCc1cc(F)ccc1F. The normalized spacial score (nSPS) is 10.4. The van der Waals surface area contributed by atoms with Crippen LogP contribution in [0.5, 0.6) is 11.5 Å². The van der Waals surface area contributed by atoms with E-state index in [4.69, 9.17) is 14.6 Å². The predicted octanol–water partition coefficient (Wildman–Crippen LogP) is 3.04. The Bertz CT molecular complexity index is 600. The predicted molar refractivity (Wildman–Crippen MR) is 69.6 cm³/mol. The first kappa shape index (κ1) is 14.3. The summed E-state index contributed by atoms with van der Waals surface area (Å²) < 4.78 is 37.1. The van der Waals surface area contributed by atoms with E-state index in [-0.39, 0.29) is 18.8 Å². The van der Waals surface area contributed by atoms with Gasteiger partial charge in [-0.05, 0) is 35.9 Å². The van der Waals surface area contributed by atoms with Gasteiger partial charge in [0.1, 0.15) is 18.2 Å². The van der Waals surface area contributed by atoms with Gasteiger partial charge in [-0.15, -0.1) is 0 Å². The molecule has 5 heteroatoms. The van der Waals surface area contributed by atoms with Crippen molar-refractivity contribution in [2.45, 2.75) is 13.2 Å². The van der Waals surface area contributed by atoms with Crippen molar-refractivity contribution in [3.05, 3.63) is 59.2 Å². The van der Waals surface area contributed by atoms with E-state index in [1.807, 2.05) is 0 Å². The minimum Gasteiger partial charge on any atom is -0.493 e. The van der Waals surface area contributed by atoms with Gasteiger partial charge < -0.3 is 14.6 Å². The van der Waals surface area contributed by atoms with E-state index in [1.54, 1.807) is 18.2 Å². The van der Waals surface area contributed by atoms with Gasteiger partial charge in [0.15, 0.2) is 11.5 Å². The summed E-state index contributed by atoms with van der Waals surface area (Å²) >= 11 is 0. The number of halogens is 2. The van der Waals surface area contributed by atoms with E-state index in [2.05, 4.69) is 0 Å². The van der Waals surface area contributed by atoms with Crippen molar-refractivity contribution in [3.8, 4) is 11.5 Å². The maximum Gasteiger partial charge on any atom is 0.161 e. The zero-order valence-electron chi connectivity index (χ0n) is 10.9. The van der Waals surface area contributed by atoms with Gasteiger partial charge >= 0.3 is 0 Å². The number of benzene rings is 2. The molecule has 2 rings (SSSR count). The summed E-state index contributed by atoms with van der Waals surface area (Å²) in [7, 11) is 1.46. The molecule has 0 bridgehead atoms. The fourth-order valence-electron chi connectivity index (χ4n) is 1.74. The molecule has 0 radical (unpaired) electrons. The lowest BCUT2D eigenvalue weighted by Crippen LogP contribution is -2.01. The monoisotopic (exact) mass is 280 g/mol. The molecule has 0 saturated carbocycles. The Morgan fingerprint density at radius 3 is 2.55 bits per heavy atom. The van der Waals surface area contributed by atoms with Crippen LogP contribution in [0.15, 0.2) is 36.4 Å². The minimum atomic E-state index is -0.530. The summed E-state index contributed by atoms with van der Waals surface area (Å²) in [6.07, 6.45) is 0. The lowest BCUT2D eigenvalue weighted by Gasteiger charge is -2.12. The second-order valence-corrected chi connectivity index (χ2v) is 4.17. The highest BCUT2D eigenvalue weighted by molar-refractivity contribution is 5.43. The van der Waals surface area contributed by atoms with Gasteiger partial charge in [0.25, 0.3) is 0 Å². The van der Waals surface area contributed by atoms with Crippen molar-refractivity contribution in [3.63, 3.8) is 0 Å². The molecule has 1 N–H and O–H groups in total. The van der Waals surface area contributed by atoms with Gasteiger partial charge in [-0.25, -0.2) is 8.78 Å². The largest absolute Gasteiger partial charge is 0.493 e. The smallest absolute Gasteiger partial charge is 0.161 e. The number of rotatable bonds is 5. The molecule has 2 aromatic carbocycles. The summed E-state index contributed by atoms with van der Waals surface area (Å²) in [5, 5.41) is 9.04. The maximum absolute atomic E-state index is 13.5. The summed E-state index contributed by atoms with van der Waals surface area (Å²) in [6, 6.07) is 8.10. The van der Waals surface area contributed by atoms with Gasteiger partial charge in [0.2, 0.25) is 0 Å². The minimum absolute atomic E-state index is 0.113. The van der Waals surface area contributed by atoms with Gasteiger partial charge in [-0.3, -0.25) is 0 Å². The molecular formula is C15H14F2O3. The summed E-state index contributed by atoms with van der Waals surface area (Å²) in [4.78, 5) is 0. The maximum atomic E-state index is 13.5. The standard InChI is InChI=1S/C15H14F2O3/c1-19-15-6-10(8-18)2-5-14(15)20-9-11-7-12(16)3-4-13(11)17/h2-7,18H,8-9H2,1H3. The van der Waals surface area contributed by atoms with Crippen LogP contribution in [-0.2, 0) is 13.2 Å². The molecule has 0 atom stereocenters. The van der Waals surface area contributed by atoms with Crippen LogP contribution in [0, 0.1) is 11.6 Å². The van der Waals surface area contributed by atoms with E-state index in [1.165, 1.54) is 7.11 Å². The number of methoxy groups -OCH3 is 1. The van der Waals surface area contributed by atoms with Gasteiger partial charge in [-0.1, -0.05) is 6.07 Å². The first-order valence-corrected chi connectivity index (χ1v) is 5.98. The number of hydrogen-bond acceptors (Lipinski definition) is 3. The van der Waals surface area contributed by atoms with E-state index in [0.29, 0.717) is 17.1 Å². The Labute approximate surface area is 115 Å². The number of aliphatic hydroxyl groups excluding tert-OH is 1. The van der Waals surface area contributed by atoms with E-state index in [9.17, 15) is 8.78 Å². The van der Waals surface area contributed by atoms with Crippen molar-refractivity contribution in [1.82, 2.24) is 0 Å². The van der Waals surface area contributed by atoms with E-state index in [0.717, 1.165) is 18.2 Å². The van der Waals surface area contributed by atoms with Crippen molar-refractivity contribution in [1.29, 1.82) is 0 Å². The van der Waals surface area contributed by atoms with Gasteiger partial charge in [0.05, 0.1) is 13.7 Å². The molecule has 0 spiro atoms. The third kappa shape index (κ3) is 3.24. The van der Waals surface area contributed by atoms with E-state index >= 15 is 0 Å². The average molecular weight is 280 g/mol. The lowest BCUT2D eigenvalue weighted by atomic mass is 10.2. The molecule has 0 aliphatic carbocycles. The van der Waals surface area contributed by atoms with Crippen LogP contribution in [0.2, 0.25) is 0 Å². The molecule has 106 valence electrons. The van der Waals surface area contributed by atoms with Crippen LogP contribution >= 0.6 is 0 Å². The van der Waals surface area contributed by atoms with Crippen molar-refractivity contribution < 1.29 is 23.4 Å². The highest BCUT2D eigenvalue weighted by Crippen LogP contribution is 2.29. The molecule has 0 amide bonds. The molecule has 0 aromatic heterocycles. The molecule has 2 aromatic rings. The summed E-state index contributed by atoms with van der Waals surface area (Å²) in [6.45, 7) is -0.229. The van der Waals surface area contributed by atoms with Crippen molar-refractivity contribution in [2.24, 2.45) is 0 Å². The third-order valence-electron chi connectivity index (χ3n) is 2.80. The number of ether oxygens (including phenoxy) is 2. The Kier molecular flexibility index (Phi) is 4.53. The van der Waals surface area contributed by atoms with Crippen LogP contribution in [-0.4, -0.2) is 12.2 Å². The number of aliphatic hydroxyl groups is 1. The first-order valence-electron chi connectivity index (χ1n) is 5.98. The highest BCUT2D eigenvalue weighted by atomic mass is 19.1. The highest BCUT2D eigenvalue weighted by Gasteiger charge is 2.09. The van der Waals surface area contributed by atoms with Gasteiger partial charge in [-0.2, -0.15) is 0 Å². The Morgan fingerprint density at radius 1 is 1.05 bits per heavy atom. The zero-order chi connectivity index (χ0) is 14.5. The van der Waals surface area contributed by atoms with Gasteiger partial charge in [0, 0.05) is 5.56 Å². The topological polar surface area (TPSA) is 38.7 Å². The molecule has 3 nitrogen and oxygen atoms in total. The first-order chi connectivity index (χ1) is 9.63. The Hall–Kier alpha value is -2.14. The summed E-state index contributed by atoms with van der Waals surface area (Å²) in [5.41, 5.74) is 0.796. The molecular weight excluding hydrogens is 266 g/mol. The van der Waals surface area contributed by atoms with Crippen LogP contribution in [0.25, 0.3) is 0 Å². The molecule has 0 aliphatic rings. The van der Waals surface area contributed by atoms with Crippen LogP contribution in [0.4, 0.5) is 8.78 Å². The van der Waals surface area contributed by atoms with Crippen LogP contribution in [0.3, 0.4) is 0 Å². The van der Waals surface area contributed by atoms with Crippen LogP contribution < -0.4 is 9.47 Å². The number of hydrogen-bond donors (Lipinski definition) is 1. The molecule has 0 aliphatic heterocycles. The Balaban J connectivity index is 2.16. The zero-order valence-corrected chi connectivity index (χ0v) is 10.9. The molecule has 0 saturated heterocycles. The van der Waals surface area contributed by atoms with Crippen molar-refractivity contribution in [2.75, 3.05) is 7.11 Å². The van der Waals surface area contributed by atoms with Crippen molar-refractivity contribution >= 4 is 0 Å². The second kappa shape index (κ2) is 6.34. The van der Waals surface area contributed by atoms with E-state index < -0.39 is 11.6 Å². The molecule has 20 heavy (non-hydrogen) atoms. The quantitative estimate of drug-likeness (QED) is 0.915. The third-order valence-corrected chi connectivity index (χ3v) is 2.80. The fraction of sp³-hybridized carbons (Fsp3) is 0.200. The molecule has 0 heterocycles. The Morgan fingerprint density at radius 2 is 1.85 bits per heavy atom. The summed E-state index contributed by atoms with van der Waals surface area (Å²) in [5.74, 6) is -0.230.